The van der Waals surface area contributed by atoms with Crippen LogP contribution < -0.4 is 5.73 Å². The average molecular weight is 261 g/mol. The van der Waals surface area contributed by atoms with Crippen LogP contribution in [-0.4, -0.2) is 24.9 Å². The van der Waals surface area contributed by atoms with Gasteiger partial charge in [-0.2, -0.15) is 0 Å². The summed E-state index contributed by atoms with van der Waals surface area (Å²) in [7, 11) is -3.94. The number of aliphatic carboxylic acids is 1. The molecule has 1 unspecified atom stereocenters. The van der Waals surface area contributed by atoms with Gasteiger partial charge in [0, 0.05) is 0 Å². The normalized spacial score (nSPS) is 13.4. The summed E-state index contributed by atoms with van der Waals surface area (Å²) in [5.41, 5.74) is 5.47. The summed E-state index contributed by atoms with van der Waals surface area (Å²) in [5.74, 6) is -1.84. The average Bonchev–Trinajstić information content (AvgIpc) is 2.20. The lowest BCUT2D eigenvalue weighted by atomic mass is 10.2. The number of hydrogen-bond donors (Lipinski definition) is 2. The first-order chi connectivity index (χ1) is 7.75. The number of carboxylic acid groups (broad SMARTS) is 1. The first-order valence-corrected chi connectivity index (χ1v) is 6.27. The van der Waals surface area contributed by atoms with Crippen LogP contribution in [0.25, 0.3) is 0 Å². The van der Waals surface area contributed by atoms with Crippen molar-refractivity contribution in [2.24, 2.45) is 5.73 Å². The van der Waals surface area contributed by atoms with Crippen LogP contribution in [0.3, 0.4) is 0 Å². The Hall–Kier alpha value is -1.47. The van der Waals surface area contributed by atoms with Gasteiger partial charge in [-0.25, -0.2) is 12.8 Å². The summed E-state index contributed by atoms with van der Waals surface area (Å²) in [6, 6.07) is 3.21. The maximum Gasteiger partial charge on any atom is 0.306 e. The van der Waals surface area contributed by atoms with E-state index in [1.54, 1.807) is 0 Å². The van der Waals surface area contributed by atoms with E-state index in [4.69, 9.17) is 10.8 Å². The molecule has 0 bridgehead atoms. The Labute approximate surface area is 98.0 Å². The SMILES string of the molecule is Cc1cc(S(=O)(=O)C(N)CC(=O)O)ccc1F. The van der Waals surface area contributed by atoms with Gasteiger partial charge in [0.1, 0.15) is 11.2 Å². The molecule has 0 aliphatic carbocycles. The molecule has 0 saturated heterocycles. The third-order valence-corrected chi connectivity index (χ3v) is 4.11. The number of rotatable bonds is 4. The van der Waals surface area contributed by atoms with E-state index in [-0.39, 0.29) is 10.5 Å². The van der Waals surface area contributed by atoms with E-state index >= 15 is 0 Å². The summed E-state index contributed by atoms with van der Waals surface area (Å²) in [6.07, 6.45) is -0.696. The molecule has 7 heteroatoms. The third kappa shape index (κ3) is 3.01. The van der Waals surface area contributed by atoms with Crippen molar-refractivity contribution in [1.82, 2.24) is 0 Å². The minimum atomic E-state index is -3.94. The molecule has 0 heterocycles. The molecule has 1 atom stereocenters. The lowest BCUT2D eigenvalue weighted by Crippen LogP contribution is -2.33. The van der Waals surface area contributed by atoms with Gasteiger partial charge >= 0.3 is 5.97 Å². The van der Waals surface area contributed by atoms with E-state index in [1.165, 1.54) is 6.92 Å². The second-order valence-electron chi connectivity index (χ2n) is 3.59. The Bertz CT molecular complexity index is 541. The van der Waals surface area contributed by atoms with Crippen molar-refractivity contribution >= 4 is 15.8 Å². The summed E-state index contributed by atoms with van der Waals surface area (Å²) < 4.78 is 36.6. The molecule has 0 spiro atoms. The summed E-state index contributed by atoms with van der Waals surface area (Å²) >= 11 is 0. The van der Waals surface area contributed by atoms with Gasteiger partial charge in [0.2, 0.25) is 0 Å². The Balaban J connectivity index is 3.13. The first-order valence-electron chi connectivity index (χ1n) is 4.72. The molecule has 0 aliphatic rings. The third-order valence-electron chi connectivity index (χ3n) is 2.23. The predicted molar refractivity (Wildman–Crippen MR) is 58.6 cm³/mol. The minimum Gasteiger partial charge on any atom is -0.481 e. The lowest BCUT2D eigenvalue weighted by molar-refractivity contribution is -0.137. The van der Waals surface area contributed by atoms with Gasteiger partial charge in [-0.3, -0.25) is 4.79 Å². The van der Waals surface area contributed by atoms with Crippen LogP contribution >= 0.6 is 0 Å². The number of aryl methyl sites for hydroxylation is 1. The van der Waals surface area contributed by atoms with Crippen LogP contribution in [0.1, 0.15) is 12.0 Å². The maximum atomic E-state index is 13.0. The molecule has 1 rings (SSSR count). The molecule has 1 aromatic rings. The van der Waals surface area contributed by atoms with Crippen molar-refractivity contribution in [3.8, 4) is 0 Å². The topological polar surface area (TPSA) is 97.5 Å². The van der Waals surface area contributed by atoms with Crippen LogP contribution in [0, 0.1) is 12.7 Å². The molecule has 5 nitrogen and oxygen atoms in total. The zero-order valence-electron chi connectivity index (χ0n) is 9.05. The van der Waals surface area contributed by atoms with E-state index < -0.39 is 33.4 Å². The number of hydrogen-bond acceptors (Lipinski definition) is 4. The Morgan fingerprint density at radius 2 is 2.12 bits per heavy atom. The van der Waals surface area contributed by atoms with E-state index in [2.05, 4.69) is 0 Å². The van der Waals surface area contributed by atoms with Gasteiger partial charge in [0.05, 0.1) is 11.3 Å². The van der Waals surface area contributed by atoms with Crippen molar-refractivity contribution < 1.29 is 22.7 Å². The quantitative estimate of drug-likeness (QED) is 0.776. The molecule has 0 saturated carbocycles. The highest BCUT2D eigenvalue weighted by molar-refractivity contribution is 7.92. The van der Waals surface area contributed by atoms with Crippen molar-refractivity contribution in [2.45, 2.75) is 23.6 Å². The molecule has 0 aromatic heterocycles. The highest BCUT2D eigenvalue weighted by atomic mass is 32.2. The lowest BCUT2D eigenvalue weighted by Gasteiger charge is -2.11. The smallest absolute Gasteiger partial charge is 0.306 e. The van der Waals surface area contributed by atoms with Crippen molar-refractivity contribution in [2.75, 3.05) is 0 Å². The monoisotopic (exact) mass is 261 g/mol. The molecule has 0 fully saturated rings. The van der Waals surface area contributed by atoms with Crippen molar-refractivity contribution in [3.63, 3.8) is 0 Å². The van der Waals surface area contributed by atoms with Crippen LogP contribution in [0.5, 0.6) is 0 Å². The molecular weight excluding hydrogens is 249 g/mol. The Morgan fingerprint density at radius 3 is 2.59 bits per heavy atom. The number of carboxylic acids is 1. The largest absolute Gasteiger partial charge is 0.481 e. The molecule has 0 aliphatic heterocycles. The second kappa shape index (κ2) is 4.80. The van der Waals surface area contributed by atoms with E-state index in [0.29, 0.717) is 0 Å². The fourth-order valence-corrected chi connectivity index (χ4v) is 2.56. The minimum absolute atomic E-state index is 0.161. The van der Waals surface area contributed by atoms with Gasteiger partial charge in [0.15, 0.2) is 9.84 Å². The molecule has 3 N–H and O–H groups in total. The van der Waals surface area contributed by atoms with Crippen LogP contribution in [0.4, 0.5) is 4.39 Å². The van der Waals surface area contributed by atoms with E-state index in [1.807, 2.05) is 0 Å². The Morgan fingerprint density at radius 1 is 1.53 bits per heavy atom. The maximum absolute atomic E-state index is 13.0. The number of carbonyl (C=O) groups is 1. The van der Waals surface area contributed by atoms with E-state index in [0.717, 1.165) is 18.2 Å². The van der Waals surface area contributed by atoms with Gasteiger partial charge in [-0.15, -0.1) is 0 Å². The van der Waals surface area contributed by atoms with E-state index in [9.17, 15) is 17.6 Å². The van der Waals surface area contributed by atoms with Crippen molar-refractivity contribution in [1.29, 1.82) is 0 Å². The summed E-state index contributed by atoms with van der Waals surface area (Å²) in [5, 5.41) is 6.95. The molecule has 0 amide bonds. The standard InChI is InChI=1S/C10H12FNO4S/c1-6-4-7(2-3-8(6)11)17(15,16)9(12)5-10(13)14/h2-4,9H,5,12H2,1H3,(H,13,14). The first kappa shape index (κ1) is 13.6. The Kier molecular flexibility index (Phi) is 3.84. The van der Waals surface area contributed by atoms with Crippen LogP contribution in [0.2, 0.25) is 0 Å². The summed E-state index contributed by atoms with van der Waals surface area (Å²) in [6.45, 7) is 1.41. The number of halogens is 1. The van der Waals surface area contributed by atoms with Gasteiger partial charge in [-0.1, -0.05) is 0 Å². The molecular formula is C10H12FNO4S. The highest BCUT2D eigenvalue weighted by Gasteiger charge is 2.26. The predicted octanol–water partition coefficient (Wildman–Crippen LogP) is 0.667. The molecule has 94 valence electrons. The number of benzene rings is 1. The molecule has 17 heavy (non-hydrogen) atoms. The molecule has 0 radical (unpaired) electrons. The summed E-state index contributed by atoms with van der Waals surface area (Å²) in [4.78, 5) is 10.2. The van der Waals surface area contributed by atoms with Crippen LogP contribution in [0.15, 0.2) is 23.1 Å². The van der Waals surface area contributed by atoms with Crippen molar-refractivity contribution in [3.05, 3.63) is 29.6 Å². The van der Waals surface area contributed by atoms with Gasteiger partial charge in [-0.05, 0) is 30.7 Å². The molecule has 1 aromatic carbocycles. The van der Waals surface area contributed by atoms with Gasteiger partial charge in [0.25, 0.3) is 0 Å². The van der Waals surface area contributed by atoms with Crippen LogP contribution in [-0.2, 0) is 14.6 Å². The van der Waals surface area contributed by atoms with Gasteiger partial charge < -0.3 is 10.8 Å². The zero-order chi connectivity index (χ0) is 13.2. The number of sulfone groups is 1. The highest BCUT2D eigenvalue weighted by Crippen LogP contribution is 2.18. The zero-order valence-corrected chi connectivity index (χ0v) is 9.87. The number of nitrogens with two attached hydrogens (primary N) is 1. The fourth-order valence-electron chi connectivity index (χ4n) is 1.25. The fraction of sp³-hybridized carbons (Fsp3) is 0.300. The second-order valence-corrected chi connectivity index (χ2v) is 5.76.